The van der Waals surface area contributed by atoms with E-state index in [9.17, 15) is 4.79 Å². The average Bonchev–Trinajstić information content (AvgIpc) is 3.11. The molecule has 0 unspecified atom stereocenters. The molecule has 0 radical (unpaired) electrons. The molecule has 0 spiro atoms. The Morgan fingerprint density at radius 2 is 2.03 bits per heavy atom. The largest absolute Gasteiger partial charge is 0.493 e. The Balaban J connectivity index is 1.34. The molecule has 1 atom stereocenters. The van der Waals surface area contributed by atoms with Crippen LogP contribution in [0.1, 0.15) is 29.5 Å². The number of aryl methyl sites for hydroxylation is 3. The molecule has 1 aromatic carbocycles. The zero-order valence-corrected chi connectivity index (χ0v) is 18.7. The summed E-state index contributed by atoms with van der Waals surface area (Å²) in [6.07, 6.45) is 0.0620. The fourth-order valence-corrected chi connectivity index (χ4v) is 3.63. The lowest BCUT2D eigenvalue weighted by Crippen LogP contribution is -2.42. The van der Waals surface area contributed by atoms with Gasteiger partial charge in [-0.2, -0.15) is 5.10 Å². The van der Waals surface area contributed by atoms with Gasteiger partial charge in [-0.25, -0.2) is 4.98 Å². The number of ether oxygens (including phenoxy) is 2. The van der Waals surface area contributed by atoms with Crippen molar-refractivity contribution in [2.24, 2.45) is 7.05 Å². The van der Waals surface area contributed by atoms with Gasteiger partial charge in [0.05, 0.1) is 31.9 Å². The monoisotopic (exact) mass is 435 g/mol. The number of benzene rings is 1. The number of morpholine rings is 1. The number of carbonyl (C=O) groups excluding carboxylic acids is 1. The Labute approximate surface area is 188 Å². The van der Waals surface area contributed by atoms with Crippen molar-refractivity contribution in [2.45, 2.75) is 26.4 Å². The predicted molar refractivity (Wildman–Crippen MR) is 122 cm³/mol. The van der Waals surface area contributed by atoms with E-state index in [2.05, 4.69) is 15.4 Å². The second kappa shape index (κ2) is 9.82. The first-order chi connectivity index (χ1) is 15.5. The van der Waals surface area contributed by atoms with Crippen LogP contribution < -0.4 is 10.1 Å². The molecule has 0 saturated carbocycles. The van der Waals surface area contributed by atoms with Crippen molar-refractivity contribution in [2.75, 3.05) is 31.6 Å². The maximum absolute atomic E-state index is 12.7. The van der Waals surface area contributed by atoms with Gasteiger partial charge in [0, 0.05) is 25.4 Å². The Morgan fingerprint density at radius 3 is 2.81 bits per heavy atom. The molecule has 1 amide bonds. The number of nitrogens with zero attached hydrogens (tertiary/aromatic N) is 4. The lowest BCUT2D eigenvalue weighted by Gasteiger charge is -2.33. The van der Waals surface area contributed by atoms with Crippen molar-refractivity contribution in [3.05, 3.63) is 65.5 Å². The van der Waals surface area contributed by atoms with E-state index >= 15 is 0 Å². The molecule has 1 aliphatic heterocycles. The van der Waals surface area contributed by atoms with Gasteiger partial charge in [0.15, 0.2) is 5.82 Å². The molecule has 32 heavy (non-hydrogen) atoms. The summed E-state index contributed by atoms with van der Waals surface area (Å²) < 4.78 is 13.5. The predicted octanol–water partition coefficient (Wildman–Crippen LogP) is 3.54. The van der Waals surface area contributed by atoms with E-state index in [0.29, 0.717) is 38.5 Å². The van der Waals surface area contributed by atoms with Crippen molar-refractivity contribution >= 4 is 17.5 Å². The summed E-state index contributed by atoms with van der Waals surface area (Å²) in [5, 5.41) is 7.64. The molecule has 1 N–H and O–H groups in total. The maximum atomic E-state index is 12.7. The van der Waals surface area contributed by atoms with Crippen LogP contribution >= 0.6 is 0 Å². The molecule has 8 nitrogen and oxygen atoms in total. The highest BCUT2D eigenvalue weighted by Gasteiger charge is 2.26. The van der Waals surface area contributed by atoms with Gasteiger partial charge in [0.1, 0.15) is 17.7 Å². The first-order valence-electron chi connectivity index (χ1n) is 10.8. The first-order valence-corrected chi connectivity index (χ1v) is 10.8. The minimum atomic E-state index is -0.266. The fraction of sp³-hybridized carbons (Fsp3) is 0.375. The van der Waals surface area contributed by atoms with Gasteiger partial charge in [0.25, 0.3) is 0 Å². The number of para-hydroxylation sites is 1. The molecule has 0 bridgehead atoms. The molecule has 4 rings (SSSR count). The van der Waals surface area contributed by atoms with Crippen LogP contribution in [0, 0.1) is 13.8 Å². The van der Waals surface area contributed by atoms with Crippen LogP contribution in [0.2, 0.25) is 0 Å². The maximum Gasteiger partial charge on any atom is 0.226 e. The quantitative estimate of drug-likeness (QED) is 0.611. The van der Waals surface area contributed by atoms with E-state index in [1.807, 2.05) is 79.0 Å². The third-order valence-corrected chi connectivity index (χ3v) is 5.56. The van der Waals surface area contributed by atoms with Gasteiger partial charge in [-0.05, 0) is 37.6 Å². The Hall–Kier alpha value is -3.39. The summed E-state index contributed by atoms with van der Waals surface area (Å²) in [5.41, 5.74) is 2.91. The number of aromatic nitrogens is 3. The summed E-state index contributed by atoms with van der Waals surface area (Å²) >= 11 is 0. The molecule has 1 aliphatic rings. The minimum Gasteiger partial charge on any atom is -0.493 e. The minimum absolute atomic E-state index is 0.0603. The van der Waals surface area contributed by atoms with E-state index in [0.717, 1.165) is 28.5 Å². The average molecular weight is 436 g/mol. The number of anilines is 2. The number of carbonyl (C=O) groups is 1. The normalized spacial score (nSPS) is 16.1. The van der Waals surface area contributed by atoms with E-state index < -0.39 is 0 Å². The number of pyridine rings is 1. The molecule has 168 valence electrons. The van der Waals surface area contributed by atoms with E-state index in [4.69, 9.17) is 9.47 Å². The molecule has 1 fully saturated rings. The van der Waals surface area contributed by atoms with E-state index in [1.165, 1.54) is 0 Å². The standard InChI is InChI=1S/C24H29N5O3/c1-17-7-4-5-9-20(17)31-13-11-24(30)29-12-14-32-21(16-29)19-8-6-10-22(25-19)26-23-15-18(2)28(3)27-23/h4-10,15,21H,11-14,16H2,1-3H3,(H,25,26,27)/t21-/m1/s1. The Bertz CT molecular complexity index is 1060. The summed E-state index contributed by atoms with van der Waals surface area (Å²) in [5.74, 6) is 2.31. The topological polar surface area (TPSA) is 81.5 Å². The van der Waals surface area contributed by atoms with Gasteiger partial charge in [-0.1, -0.05) is 24.3 Å². The van der Waals surface area contributed by atoms with Crippen molar-refractivity contribution < 1.29 is 14.3 Å². The molecule has 2 aromatic heterocycles. The molecule has 3 heterocycles. The van der Waals surface area contributed by atoms with Gasteiger partial charge in [-0.3, -0.25) is 9.48 Å². The zero-order valence-electron chi connectivity index (χ0n) is 18.7. The smallest absolute Gasteiger partial charge is 0.226 e. The zero-order chi connectivity index (χ0) is 22.5. The highest BCUT2D eigenvalue weighted by atomic mass is 16.5. The van der Waals surface area contributed by atoms with Crippen LogP contribution in [0.3, 0.4) is 0 Å². The Kier molecular flexibility index (Phi) is 6.70. The third-order valence-electron chi connectivity index (χ3n) is 5.56. The van der Waals surface area contributed by atoms with Gasteiger partial charge in [-0.15, -0.1) is 0 Å². The van der Waals surface area contributed by atoms with E-state index in [1.54, 1.807) is 0 Å². The van der Waals surface area contributed by atoms with Gasteiger partial charge >= 0.3 is 0 Å². The number of hydrogen-bond donors (Lipinski definition) is 1. The lowest BCUT2D eigenvalue weighted by molar-refractivity contribution is -0.139. The second-order valence-electron chi connectivity index (χ2n) is 7.93. The number of nitrogens with one attached hydrogen (secondary N) is 1. The summed E-state index contributed by atoms with van der Waals surface area (Å²) in [4.78, 5) is 19.3. The highest BCUT2D eigenvalue weighted by Crippen LogP contribution is 2.24. The van der Waals surface area contributed by atoms with Crippen molar-refractivity contribution in [3.63, 3.8) is 0 Å². The number of rotatable bonds is 7. The van der Waals surface area contributed by atoms with Crippen LogP contribution in [0.25, 0.3) is 0 Å². The Morgan fingerprint density at radius 1 is 1.19 bits per heavy atom. The molecule has 1 saturated heterocycles. The molecule has 8 heteroatoms. The fourth-order valence-electron chi connectivity index (χ4n) is 3.63. The molecule has 3 aromatic rings. The summed E-state index contributed by atoms with van der Waals surface area (Å²) in [7, 11) is 1.90. The number of amides is 1. The van der Waals surface area contributed by atoms with Gasteiger partial charge < -0.3 is 19.7 Å². The second-order valence-corrected chi connectivity index (χ2v) is 7.93. The summed E-state index contributed by atoms with van der Waals surface area (Å²) in [6.45, 7) is 5.87. The van der Waals surface area contributed by atoms with Crippen LogP contribution in [0.4, 0.5) is 11.6 Å². The van der Waals surface area contributed by atoms with Crippen LogP contribution in [0.15, 0.2) is 48.5 Å². The molecular formula is C24H29N5O3. The van der Waals surface area contributed by atoms with Crippen molar-refractivity contribution in [3.8, 4) is 5.75 Å². The van der Waals surface area contributed by atoms with E-state index in [-0.39, 0.29) is 12.0 Å². The van der Waals surface area contributed by atoms with Crippen molar-refractivity contribution in [1.29, 1.82) is 0 Å². The highest BCUT2D eigenvalue weighted by molar-refractivity contribution is 5.76. The lowest BCUT2D eigenvalue weighted by atomic mass is 10.1. The first kappa shape index (κ1) is 21.8. The molecular weight excluding hydrogens is 406 g/mol. The summed E-state index contributed by atoms with van der Waals surface area (Å²) in [6, 6.07) is 15.5. The third kappa shape index (κ3) is 5.26. The van der Waals surface area contributed by atoms with Gasteiger partial charge in [0.2, 0.25) is 5.91 Å². The van der Waals surface area contributed by atoms with Crippen molar-refractivity contribution in [1.82, 2.24) is 19.7 Å². The van der Waals surface area contributed by atoms with Crippen LogP contribution in [-0.2, 0) is 16.6 Å². The SMILES string of the molecule is Cc1ccccc1OCCC(=O)N1CCO[C@@H](c2cccc(Nc3cc(C)n(C)n3)n2)C1. The van der Waals surface area contributed by atoms with Crippen LogP contribution in [-0.4, -0.2) is 51.9 Å². The molecule has 0 aliphatic carbocycles. The van der Waals surface area contributed by atoms with Crippen LogP contribution in [0.5, 0.6) is 5.75 Å². The number of hydrogen-bond acceptors (Lipinski definition) is 6.